The largest absolute Gasteiger partial charge is 0.438 e. The molecule has 0 aliphatic carbocycles. The second-order valence-electron chi connectivity index (χ2n) is 7.79. The molecule has 0 bridgehead atoms. The van der Waals surface area contributed by atoms with Gasteiger partial charge in [-0.1, -0.05) is 66.2 Å². The lowest BCUT2D eigenvalue weighted by Gasteiger charge is -2.32. The number of anilines is 1. The van der Waals surface area contributed by atoms with Gasteiger partial charge in [0.05, 0.1) is 17.8 Å². The predicted molar refractivity (Wildman–Crippen MR) is 121 cm³/mol. The lowest BCUT2D eigenvalue weighted by atomic mass is 9.98. The third-order valence-electron chi connectivity index (χ3n) is 5.54. The molecule has 1 aromatic heterocycles. The third-order valence-corrected chi connectivity index (χ3v) is 6.36. The number of alkyl halides is 3. The van der Waals surface area contributed by atoms with Crippen molar-refractivity contribution in [2.75, 3.05) is 5.01 Å². The van der Waals surface area contributed by atoms with Crippen LogP contribution in [0.15, 0.2) is 77.2 Å². The van der Waals surface area contributed by atoms with E-state index >= 15 is 0 Å². The van der Waals surface area contributed by atoms with Crippen LogP contribution in [0.3, 0.4) is 0 Å². The number of halogens is 3. The Hall–Kier alpha value is -3.23. The molecule has 1 unspecified atom stereocenters. The molecule has 5 rings (SSSR count). The number of thiazole rings is 1. The topological polar surface area (TPSA) is 48.7 Å². The molecule has 0 radical (unpaired) electrons. The maximum absolute atomic E-state index is 14.0. The zero-order chi connectivity index (χ0) is 22.5. The van der Waals surface area contributed by atoms with E-state index in [0.29, 0.717) is 16.3 Å². The Bertz CT molecular complexity index is 1330. The average molecular weight is 453 g/mol. The van der Waals surface area contributed by atoms with E-state index in [2.05, 4.69) is 10.1 Å². The average Bonchev–Trinajstić information content (AvgIpc) is 3.39. The molecule has 1 aliphatic heterocycles. The second kappa shape index (κ2) is 7.43. The first-order chi connectivity index (χ1) is 15.2. The van der Waals surface area contributed by atoms with Gasteiger partial charge in [0.15, 0.2) is 0 Å². The van der Waals surface area contributed by atoms with Crippen LogP contribution in [0.2, 0.25) is 0 Å². The van der Waals surface area contributed by atoms with Gasteiger partial charge >= 0.3 is 6.18 Å². The van der Waals surface area contributed by atoms with E-state index in [0.717, 1.165) is 33.2 Å². The maximum atomic E-state index is 14.0. The zero-order valence-corrected chi connectivity index (χ0v) is 17.8. The highest BCUT2D eigenvalue weighted by Gasteiger charge is 2.62. The van der Waals surface area contributed by atoms with Crippen molar-refractivity contribution in [2.24, 2.45) is 5.10 Å². The van der Waals surface area contributed by atoms with Crippen molar-refractivity contribution < 1.29 is 18.3 Å². The number of hydrogen-bond donors (Lipinski definition) is 1. The minimum atomic E-state index is -4.93. The maximum Gasteiger partial charge on any atom is 0.438 e. The number of hydrazone groups is 1. The van der Waals surface area contributed by atoms with Gasteiger partial charge in [-0.25, -0.2) is 4.98 Å². The Morgan fingerprint density at radius 3 is 2.38 bits per heavy atom. The van der Waals surface area contributed by atoms with Gasteiger partial charge < -0.3 is 5.11 Å². The van der Waals surface area contributed by atoms with E-state index < -0.39 is 18.3 Å². The molecular weight excluding hydrogens is 435 g/mol. The van der Waals surface area contributed by atoms with Crippen LogP contribution in [0.5, 0.6) is 0 Å². The van der Waals surface area contributed by atoms with E-state index in [1.807, 2.05) is 61.5 Å². The van der Waals surface area contributed by atoms with E-state index in [1.54, 1.807) is 17.5 Å². The molecule has 0 fully saturated rings. The second-order valence-corrected chi connectivity index (χ2v) is 8.63. The lowest BCUT2D eigenvalue weighted by Crippen LogP contribution is -2.55. The Kier molecular flexibility index (Phi) is 4.79. The molecule has 1 aliphatic rings. The minimum absolute atomic E-state index is 0.0174. The summed E-state index contributed by atoms with van der Waals surface area (Å²) >= 11 is 1.01. The summed E-state index contributed by atoms with van der Waals surface area (Å²) in [5, 5.41) is 19.1. The van der Waals surface area contributed by atoms with E-state index in [4.69, 9.17) is 0 Å². The summed E-state index contributed by atoms with van der Waals surface area (Å²) in [5.74, 6) is 0. The van der Waals surface area contributed by atoms with E-state index in [9.17, 15) is 18.3 Å². The first-order valence-corrected chi connectivity index (χ1v) is 10.8. The highest BCUT2D eigenvalue weighted by Crippen LogP contribution is 2.45. The molecule has 3 aromatic carbocycles. The fourth-order valence-electron chi connectivity index (χ4n) is 3.72. The van der Waals surface area contributed by atoms with Gasteiger partial charge in [0.25, 0.3) is 5.72 Å². The number of rotatable bonds is 3. The van der Waals surface area contributed by atoms with Crippen molar-refractivity contribution in [1.29, 1.82) is 0 Å². The molecule has 1 N–H and O–H groups in total. The van der Waals surface area contributed by atoms with Gasteiger partial charge in [-0.05, 0) is 29.3 Å². The SMILES string of the molecule is Cc1ccc(-c2csc(N3N=C(c4ccc5ccccc5c4)CC3(O)C(F)(F)F)n2)cc1. The van der Waals surface area contributed by atoms with Crippen LogP contribution < -0.4 is 5.01 Å². The molecule has 4 nitrogen and oxygen atoms in total. The quantitative estimate of drug-likeness (QED) is 0.406. The van der Waals surface area contributed by atoms with Crippen molar-refractivity contribution in [3.05, 3.63) is 83.2 Å². The van der Waals surface area contributed by atoms with Crippen LogP contribution in [0.25, 0.3) is 22.0 Å². The van der Waals surface area contributed by atoms with E-state index in [-0.39, 0.29) is 10.8 Å². The highest BCUT2D eigenvalue weighted by atomic mass is 32.1. The van der Waals surface area contributed by atoms with Crippen LogP contribution in [-0.4, -0.2) is 27.7 Å². The summed E-state index contributed by atoms with van der Waals surface area (Å²) in [4.78, 5) is 4.36. The van der Waals surface area contributed by atoms with Crippen molar-refractivity contribution in [3.63, 3.8) is 0 Å². The molecule has 4 aromatic rings. The number of nitrogens with zero attached hydrogens (tertiary/aromatic N) is 3. The number of hydrogen-bond acceptors (Lipinski definition) is 5. The summed E-state index contributed by atoms with van der Waals surface area (Å²) in [7, 11) is 0. The molecule has 0 saturated heterocycles. The van der Waals surface area contributed by atoms with Crippen LogP contribution in [-0.2, 0) is 0 Å². The molecular formula is C24H18F3N3OS. The zero-order valence-electron chi connectivity index (χ0n) is 17.0. The standard InChI is InChI=1S/C24H18F3N3OS/c1-15-6-8-17(9-7-15)21-14-32-22(28-21)30-23(31,24(25,26)27)13-20(29-30)19-11-10-16-4-2-3-5-18(16)12-19/h2-12,14,31H,13H2,1H3. The smallest absolute Gasteiger partial charge is 0.362 e. The third kappa shape index (κ3) is 3.45. The molecule has 8 heteroatoms. The van der Waals surface area contributed by atoms with Crippen molar-refractivity contribution >= 4 is 33.0 Å². The Morgan fingerprint density at radius 2 is 1.66 bits per heavy atom. The molecule has 0 saturated carbocycles. The van der Waals surface area contributed by atoms with Gasteiger partial charge in [0.1, 0.15) is 0 Å². The lowest BCUT2D eigenvalue weighted by molar-refractivity contribution is -0.254. The molecule has 1 atom stereocenters. The van der Waals surface area contributed by atoms with Gasteiger partial charge in [0, 0.05) is 10.9 Å². The minimum Gasteiger partial charge on any atom is -0.362 e. The van der Waals surface area contributed by atoms with Crippen molar-refractivity contribution in [2.45, 2.75) is 25.2 Å². The molecule has 32 heavy (non-hydrogen) atoms. The van der Waals surface area contributed by atoms with Crippen molar-refractivity contribution in [1.82, 2.24) is 4.98 Å². The number of fused-ring (bicyclic) bond motifs is 1. The van der Waals surface area contributed by atoms with Gasteiger partial charge in [-0.2, -0.15) is 23.3 Å². The molecule has 162 valence electrons. The first-order valence-electron chi connectivity index (χ1n) is 9.93. The molecule has 0 amide bonds. The van der Waals surface area contributed by atoms with Crippen LogP contribution in [0.4, 0.5) is 18.3 Å². The van der Waals surface area contributed by atoms with Gasteiger partial charge in [-0.3, -0.25) is 0 Å². The normalized spacial score (nSPS) is 18.9. The Labute approximate surface area is 186 Å². The monoisotopic (exact) mass is 453 g/mol. The Morgan fingerprint density at radius 1 is 0.969 bits per heavy atom. The fraction of sp³-hybridized carbons (Fsp3) is 0.167. The summed E-state index contributed by atoms with van der Waals surface area (Å²) in [6.07, 6.45) is -5.61. The summed E-state index contributed by atoms with van der Waals surface area (Å²) < 4.78 is 42.0. The Balaban J connectivity index is 1.56. The number of aromatic nitrogens is 1. The predicted octanol–water partition coefficient (Wildman–Crippen LogP) is 6.14. The van der Waals surface area contributed by atoms with Gasteiger partial charge in [0.2, 0.25) is 5.13 Å². The number of benzene rings is 3. The summed E-state index contributed by atoms with van der Waals surface area (Å²) in [6.45, 7) is 1.95. The molecule has 0 spiro atoms. The van der Waals surface area contributed by atoms with Crippen LogP contribution >= 0.6 is 11.3 Å². The first kappa shape index (κ1) is 20.7. The van der Waals surface area contributed by atoms with E-state index in [1.165, 1.54) is 0 Å². The van der Waals surface area contributed by atoms with Crippen LogP contribution in [0, 0.1) is 6.92 Å². The summed E-state index contributed by atoms with van der Waals surface area (Å²) in [5.41, 5.74) is -0.0988. The van der Waals surface area contributed by atoms with Crippen molar-refractivity contribution in [3.8, 4) is 11.3 Å². The van der Waals surface area contributed by atoms with Crippen LogP contribution in [0.1, 0.15) is 17.5 Å². The number of aliphatic hydroxyl groups is 1. The summed E-state index contributed by atoms with van der Waals surface area (Å²) in [6, 6.07) is 20.5. The van der Waals surface area contributed by atoms with Gasteiger partial charge in [-0.15, -0.1) is 11.3 Å². The molecule has 2 heterocycles. The number of aryl methyl sites for hydroxylation is 1. The fourth-order valence-corrected chi connectivity index (χ4v) is 4.56. The highest BCUT2D eigenvalue weighted by molar-refractivity contribution is 7.14.